The predicted molar refractivity (Wildman–Crippen MR) is 106 cm³/mol. The molecule has 150 valence electrons. The van der Waals surface area contributed by atoms with Crippen molar-refractivity contribution in [3.63, 3.8) is 0 Å². The zero-order chi connectivity index (χ0) is 18.8. The summed E-state index contributed by atoms with van der Waals surface area (Å²) in [5, 5.41) is 3.76. The van der Waals surface area contributed by atoms with Crippen LogP contribution < -0.4 is 5.32 Å². The van der Waals surface area contributed by atoms with Gasteiger partial charge in [0.15, 0.2) is 5.96 Å². The third-order valence-electron chi connectivity index (χ3n) is 7.10. The number of likely N-dealkylation sites (tertiary alicyclic amines) is 1. The van der Waals surface area contributed by atoms with Crippen molar-refractivity contribution in [3.05, 3.63) is 0 Å². The van der Waals surface area contributed by atoms with Crippen molar-refractivity contribution in [1.82, 2.24) is 15.1 Å². The highest BCUT2D eigenvalue weighted by Gasteiger charge is 2.58. The van der Waals surface area contributed by atoms with Crippen molar-refractivity contribution in [2.75, 3.05) is 59.6 Å². The fourth-order valence-electron chi connectivity index (χ4n) is 4.59. The summed E-state index contributed by atoms with van der Waals surface area (Å²) in [4.78, 5) is 9.83. The van der Waals surface area contributed by atoms with Gasteiger partial charge >= 0.3 is 0 Å². The molecule has 0 aromatic carbocycles. The van der Waals surface area contributed by atoms with Gasteiger partial charge in [-0.05, 0) is 32.6 Å². The summed E-state index contributed by atoms with van der Waals surface area (Å²) in [5.41, 5.74) is 0.0507. The third-order valence-corrected chi connectivity index (χ3v) is 7.10. The number of methoxy groups -OCH3 is 1. The molecule has 0 spiro atoms. The molecule has 0 bridgehead atoms. The summed E-state index contributed by atoms with van der Waals surface area (Å²) < 4.78 is 11.3. The Morgan fingerprint density at radius 3 is 2.58 bits per heavy atom. The minimum Gasteiger partial charge on any atom is -0.379 e. The molecule has 1 N–H and O–H groups in total. The summed E-state index contributed by atoms with van der Waals surface area (Å²) in [6, 6.07) is 0.413. The van der Waals surface area contributed by atoms with Gasteiger partial charge in [0.25, 0.3) is 0 Å². The van der Waals surface area contributed by atoms with Crippen LogP contribution in [0.4, 0.5) is 0 Å². The van der Waals surface area contributed by atoms with Crippen LogP contribution in [0.15, 0.2) is 4.99 Å². The normalized spacial score (nSPS) is 35.4. The Morgan fingerprint density at radius 1 is 1.23 bits per heavy atom. The van der Waals surface area contributed by atoms with Crippen LogP contribution >= 0.6 is 0 Å². The minimum absolute atomic E-state index is 0.0497. The van der Waals surface area contributed by atoms with Gasteiger partial charge in [-0.2, -0.15) is 0 Å². The minimum atomic E-state index is -0.0497. The van der Waals surface area contributed by atoms with Crippen molar-refractivity contribution < 1.29 is 9.47 Å². The molecular formula is C20H38N4O2. The average Bonchev–Trinajstić information content (AvgIpc) is 3.09. The lowest BCUT2D eigenvalue weighted by molar-refractivity contribution is -0.176. The summed E-state index contributed by atoms with van der Waals surface area (Å²) in [5.74, 6) is 1.82. The molecule has 0 aromatic rings. The van der Waals surface area contributed by atoms with E-state index in [1.807, 2.05) is 7.11 Å². The van der Waals surface area contributed by atoms with Crippen molar-refractivity contribution >= 4 is 5.96 Å². The number of nitrogens with one attached hydrogen (secondary N) is 1. The third kappa shape index (κ3) is 3.87. The van der Waals surface area contributed by atoms with E-state index in [2.05, 4.69) is 42.8 Å². The average molecular weight is 367 g/mol. The number of aliphatic imine (C=N–C) groups is 1. The summed E-state index contributed by atoms with van der Waals surface area (Å²) >= 11 is 0. The quantitative estimate of drug-likeness (QED) is 0.594. The molecule has 2 saturated heterocycles. The molecule has 26 heavy (non-hydrogen) atoms. The molecule has 1 aliphatic carbocycles. The van der Waals surface area contributed by atoms with E-state index in [0.717, 1.165) is 64.2 Å². The molecule has 3 atom stereocenters. The fraction of sp³-hybridized carbons (Fsp3) is 0.950. The van der Waals surface area contributed by atoms with E-state index < -0.39 is 0 Å². The van der Waals surface area contributed by atoms with Crippen LogP contribution in [0.2, 0.25) is 0 Å². The SMILES string of the molecule is CCN=C(NC1CC(C)(OC)C1(C)C)N1CCC(CN2CCOCC2)C1. The van der Waals surface area contributed by atoms with Crippen molar-refractivity contribution in [1.29, 1.82) is 0 Å². The van der Waals surface area contributed by atoms with E-state index in [4.69, 9.17) is 14.5 Å². The molecule has 0 aromatic heterocycles. The first kappa shape index (κ1) is 19.9. The zero-order valence-corrected chi connectivity index (χ0v) is 17.4. The molecule has 3 aliphatic rings. The van der Waals surface area contributed by atoms with Gasteiger partial charge in [0.1, 0.15) is 0 Å². The molecule has 6 heteroatoms. The maximum Gasteiger partial charge on any atom is 0.194 e. The van der Waals surface area contributed by atoms with Gasteiger partial charge in [-0.25, -0.2) is 0 Å². The van der Waals surface area contributed by atoms with Crippen molar-refractivity contribution in [3.8, 4) is 0 Å². The van der Waals surface area contributed by atoms with Gasteiger partial charge in [0, 0.05) is 57.8 Å². The second-order valence-electron chi connectivity index (χ2n) is 8.87. The number of hydrogen-bond acceptors (Lipinski definition) is 4. The summed E-state index contributed by atoms with van der Waals surface area (Å²) in [6.45, 7) is 17.1. The molecule has 3 unspecified atom stereocenters. The van der Waals surface area contributed by atoms with Gasteiger partial charge in [-0.3, -0.25) is 9.89 Å². The second-order valence-corrected chi connectivity index (χ2v) is 8.87. The highest BCUT2D eigenvalue weighted by molar-refractivity contribution is 5.81. The van der Waals surface area contributed by atoms with Crippen LogP contribution in [-0.4, -0.2) is 87.0 Å². The smallest absolute Gasteiger partial charge is 0.194 e. The standard InChI is InChI=1S/C20H38N4O2/c1-6-21-18(22-17-13-20(4,25-5)19(17,2)3)24-8-7-16(15-24)14-23-9-11-26-12-10-23/h16-17H,6-15H2,1-5H3,(H,21,22). The number of hydrogen-bond donors (Lipinski definition) is 1. The zero-order valence-electron chi connectivity index (χ0n) is 17.4. The van der Waals surface area contributed by atoms with Crippen LogP contribution in [0, 0.1) is 11.3 Å². The van der Waals surface area contributed by atoms with Crippen LogP contribution in [0.25, 0.3) is 0 Å². The van der Waals surface area contributed by atoms with Gasteiger partial charge in [-0.1, -0.05) is 13.8 Å². The number of nitrogens with zero attached hydrogens (tertiary/aromatic N) is 3. The number of ether oxygens (including phenoxy) is 2. The van der Waals surface area contributed by atoms with Crippen molar-refractivity contribution in [2.45, 2.75) is 52.2 Å². The maximum atomic E-state index is 5.78. The fourth-order valence-corrected chi connectivity index (χ4v) is 4.59. The predicted octanol–water partition coefficient (Wildman–Crippen LogP) is 1.81. The Hall–Kier alpha value is -0.850. The Bertz CT molecular complexity index is 504. The molecule has 3 rings (SSSR count). The summed E-state index contributed by atoms with van der Waals surface area (Å²) in [7, 11) is 1.83. The van der Waals surface area contributed by atoms with Gasteiger partial charge in [0.2, 0.25) is 0 Å². The number of morpholine rings is 1. The molecule has 0 amide bonds. The lowest BCUT2D eigenvalue weighted by atomic mass is 9.56. The highest BCUT2D eigenvalue weighted by Crippen LogP contribution is 2.51. The number of guanidine groups is 1. The number of rotatable bonds is 5. The van der Waals surface area contributed by atoms with Crippen LogP contribution in [0.3, 0.4) is 0 Å². The first-order chi connectivity index (χ1) is 12.4. The van der Waals surface area contributed by atoms with Crippen molar-refractivity contribution in [2.24, 2.45) is 16.3 Å². The van der Waals surface area contributed by atoms with E-state index in [9.17, 15) is 0 Å². The van der Waals surface area contributed by atoms with Crippen LogP contribution in [0.1, 0.15) is 40.5 Å². The van der Waals surface area contributed by atoms with E-state index in [-0.39, 0.29) is 11.0 Å². The molecule has 6 nitrogen and oxygen atoms in total. The molecule has 0 radical (unpaired) electrons. The molecule has 3 fully saturated rings. The molecule has 2 aliphatic heterocycles. The Balaban J connectivity index is 1.55. The lowest BCUT2D eigenvalue weighted by Crippen LogP contribution is -2.69. The maximum absolute atomic E-state index is 5.78. The first-order valence-electron chi connectivity index (χ1n) is 10.3. The molecule has 1 saturated carbocycles. The Kier molecular flexibility index (Phi) is 6.14. The van der Waals surface area contributed by atoms with Gasteiger partial charge in [0.05, 0.1) is 18.8 Å². The topological polar surface area (TPSA) is 49.3 Å². The molecule has 2 heterocycles. The van der Waals surface area contributed by atoms with E-state index in [1.54, 1.807) is 0 Å². The Morgan fingerprint density at radius 2 is 1.96 bits per heavy atom. The van der Waals surface area contributed by atoms with Crippen LogP contribution in [0.5, 0.6) is 0 Å². The molecular weight excluding hydrogens is 328 g/mol. The van der Waals surface area contributed by atoms with E-state index in [0.29, 0.717) is 6.04 Å². The van der Waals surface area contributed by atoms with Crippen LogP contribution in [-0.2, 0) is 9.47 Å². The van der Waals surface area contributed by atoms with E-state index in [1.165, 1.54) is 13.0 Å². The van der Waals surface area contributed by atoms with Gasteiger partial charge in [-0.15, -0.1) is 0 Å². The second kappa shape index (κ2) is 8.03. The highest BCUT2D eigenvalue weighted by atomic mass is 16.5. The Labute approximate surface area is 159 Å². The monoisotopic (exact) mass is 366 g/mol. The largest absolute Gasteiger partial charge is 0.379 e. The van der Waals surface area contributed by atoms with Gasteiger partial charge < -0.3 is 19.7 Å². The van der Waals surface area contributed by atoms with E-state index >= 15 is 0 Å². The lowest BCUT2D eigenvalue weighted by Gasteiger charge is -2.59. The first-order valence-corrected chi connectivity index (χ1v) is 10.3. The summed E-state index contributed by atoms with van der Waals surface area (Å²) in [6.07, 6.45) is 2.29.